The summed E-state index contributed by atoms with van der Waals surface area (Å²) in [6.45, 7) is 2.26. The number of rotatable bonds is 6. The molecule has 0 bridgehead atoms. The van der Waals surface area contributed by atoms with Crippen LogP contribution in [0.15, 0.2) is 54.6 Å². The summed E-state index contributed by atoms with van der Waals surface area (Å²) in [7, 11) is 4.21. The maximum atomic E-state index is 12.7. The van der Waals surface area contributed by atoms with Gasteiger partial charge in [0.25, 0.3) is 0 Å². The van der Waals surface area contributed by atoms with E-state index in [1.807, 2.05) is 59.2 Å². The monoisotopic (exact) mass is 393 g/mol. The maximum absolute atomic E-state index is 12.7. The quantitative estimate of drug-likeness (QED) is 0.590. The largest absolute Gasteiger partial charge is 0.497 e. The molecule has 0 radical (unpaired) electrons. The fourth-order valence-corrected chi connectivity index (χ4v) is 3.40. The lowest BCUT2D eigenvalue weighted by Gasteiger charge is -2.13. The van der Waals surface area contributed by atoms with Gasteiger partial charge < -0.3 is 18.8 Å². The number of hydrogen-bond acceptors (Lipinski definition) is 5. The van der Waals surface area contributed by atoms with Crippen molar-refractivity contribution >= 4 is 11.9 Å². The van der Waals surface area contributed by atoms with E-state index in [1.54, 1.807) is 14.0 Å². The van der Waals surface area contributed by atoms with Gasteiger partial charge in [0.15, 0.2) is 0 Å². The number of esters is 2. The second-order valence-corrected chi connectivity index (χ2v) is 6.47. The minimum Gasteiger partial charge on any atom is -0.497 e. The van der Waals surface area contributed by atoms with E-state index in [2.05, 4.69) is 0 Å². The molecule has 1 aromatic heterocycles. The highest BCUT2D eigenvalue weighted by Gasteiger charge is 2.31. The molecule has 3 rings (SSSR count). The summed E-state index contributed by atoms with van der Waals surface area (Å²) in [4.78, 5) is 25.2. The molecular weight excluding hydrogens is 370 g/mol. The molecule has 2 aromatic carbocycles. The molecule has 0 unspecified atom stereocenters. The number of carbonyl (C=O) groups excluding carboxylic acids is 2. The molecule has 0 atom stereocenters. The lowest BCUT2D eigenvalue weighted by molar-refractivity contribution is 0.0556. The van der Waals surface area contributed by atoms with Crippen LogP contribution in [0.25, 0.3) is 11.3 Å². The van der Waals surface area contributed by atoms with Crippen molar-refractivity contribution < 1.29 is 23.8 Å². The molecule has 0 fully saturated rings. The first-order chi connectivity index (χ1) is 14.0. The first-order valence-corrected chi connectivity index (χ1v) is 9.09. The summed E-state index contributed by atoms with van der Waals surface area (Å²) in [5.41, 5.74) is 3.47. The molecule has 150 valence electrons. The minimum atomic E-state index is -0.583. The van der Waals surface area contributed by atoms with Gasteiger partial charge in [-0.3, -0.25) is 0 Å². The van der Waals surface area contributed by atoms with Crippen LogP contribution in [0, 0.1) is 6.92 Å². The summed E-state index contributed by atoms with van der Waals surface area (Å²) in [6, 6.07) is 17.1. The van der Waals surface area contributed by atoms with Gasteiger partial charge in [0, 0.05) is 12.2 Å². The summed E-state index contributed by atoms with van der Waals surface area (Å²) in [5, 5.41) is 0. The van der Waals surface area contributed by atoms with Crippen molar-refractivity contribution in [2.24, 2.45) is 0 Å². The van der Waals surface area contributed by atoms with E-state index in [1.165, 1.54) is 14.2 Å². The van der Waals surface area contributed by atoms with Crippen LogP contribution >= 0.6 is 0 Å². The van der Waals surface area contributed by atoms with Gasteiger partial charge in [-0.05, 0) is 30.2 Å². The molecule has 0 spiro atoms. The average molecular weight is 393 g/mol. The first-order valence-electron chi connectivity index (χ1n) is 9.09. The normalized spacial score (nSPS) is 10.5. The summed E-state index contributed by atoms with van der Waals surface area (Å²) in [6.07, 6.45) is 0. The van der Waals surface area contributed by atoms with Gasteiger partial charge in [0.1, 0.15) is 11.3 Å². The molecule has 6 heteroatoms. The molecule has 0 aliphatic carbocycles. The van der Waals surface area contributed by atoms with Crippen LogP contribution in [0.3, 0.4) is 0 Å². The van der Waals surface area contributed by atoms with Crippen molar-refractivity contribution in [2.45, 2.75) is 13.5 Å². The molecule has 0 saturated carbocycles. The van der Waals surface area contributed by atoms with Crippen LogP contribution in [-0.4, -0.2) is 37.8 Å². The Kier molecular flexibility index (Phi) is 6.02. The number of carbonyl (C=O) groups is 2. The van der Waals surface area contributed by atoms with Crippen molar-refractivity contribution in [3.8, 4) is 17.0 Å². The van der Waals surface area contributed by atoms with Crippen LogP contribution in [-0.2, 0) is 16.0 Å². The van der Waals surface area contributed by atoms with Gasteiger partial charge in [-0.25, -0.2) is 9.59 Å². The van der Waals surface area contributed by atoms with Gasteiger partial charge in [0.2, 0.25) is 0 Å². The van der Waals surface area contributed by atoms with Crippen molar-refractivity contribution in [1.82, 2.24) is 4.57 Å². The zero-order valence-electron chi connectivity index (χ0n) is 16.9. The highest BCUT2D eigenvalue weighted by molar-refractivity contribution is 6.08. The van der Waals surface area contributed by atoms with Crippen LogP contribution in [0.1, 0.15) is 32.0 Å². The smallest absolute Gasteiger partial charge is 0.340 e. The van der Waals surface area contributed by atoms with Gasteiger partial charge in [-0.1, -0.05) is 42.5 Å². The highest BCUT2D eigenvalue weighted by Crippen LogP contribution is 2.33. The third-order valence-corrected chi connectivity index (χ3v) is 4.85. The van der Waals surface area contributed by atoms with E-state index in [0.717, 1.165) is 16.9 Å². The van der Waals surface area contributed by atoms with Crippen molar-refractivity contribution in [1.29, 1.82) is 0 Å². The number of aromatic nitrogens is 1. The Morgan fingerprint density at radius 2 is 1.41 bits per heavy atom. The Bertz CT molecular complexity index is 1020. The fourth-order valence-electron chi connectivity index (χ4n) is 3.40. The lowest BCUT2D eigenvalue weighted by Crippen LogP contribution is -2.11. The number of ether oxygens (including phenoxy) is 3. The molecule has 0 amide bonds. The molecular formula is C23H23NO5. The number of nitrogens with zero attached hydrogens (tertiary/aromatic N) is 1. The van der Waals surface area contributed by atoms with E-state index >= 15 is 0 Å². The second-order valence-electron chi connectivity index (χ2n) is 6.47. The van der Waals surface area contributed by atoms with E-state index in [9.17, 15) is 9.59 Å². The minimum absolute atomic E-state index is 0.205. The molecule has 3 aromatic rings. The molecule has 1 heterocycles. The number of methoxy groups -OCH3 is 3. The predicted octanol–water partition coefficient (Wildman–Crippen LogP) is 4.09. The zero-order valence-corrected chi connectivity index (χ0v) is 16.9. The summed E-state index contributed by atoms with van der Waals surface area (Å²) < 4.78 is 17.1. The van der Waals surface area contributed by atoms with Gasteiger partial charge >= 0.3 is 11.9 Å². The Labute approximate surface area is 169 Å². The zero-order chi connectivity index (χ0) is 21.0. The Hall–Kier alpha value is -3.54. The van der Waals surface area contributed by atoms with Crippen LogP contribution in [0.4, 0.5) is 0 Å². The topological polar surface area (TPSA) is 66.8 Å². The summed E-state index contributed by atoms with van der Waals surface area (Å²) >= 11 is 0. The van der Waals surface area contributed by atoms with E-state index in [4.69, 9.17) is 14.2 Å². The van der Waals surface area contributed by atoms with Gasteiger partial charge in [0.05, 0.1) is 32.6 Å². The first kappa shape index (κ1) is 20.2. The van der Waals surface area contributed by atoms with E-state index in [-0.39, 0.29) is 11.1 Å². The van der Waals surface area contributed by atoms with Crippen LogP contribution < -0.4 is 4.74 Å². The molecule has 6 nitrogen and oxygen atoms in total. The van der Waals surface area contributed by atoms with Crippen molar-refractivity contribution in [3.63, 3.8) is 0 Å². The molecule has 0 aliphatic rings. The molecule has 0 N–H and O–H groups in total. The van der Waals surface area contributed by atoms with Crippen LogP contribution in [0.2, 0.25) is 0 Å². The fraction of sp³-hybridized carbons (Fsp3) is 0.217. The Morgan fingerprint density at radius 3 is 1.97 bits per heavy atom. The third-order valence-electron chi connectivity index (χ3n) is 4.85. The second kappa shape index (κ2) is 8.65. The van der Waals surface area contributed by atoms with Crippen LogP contribution in [0.5, 0.6) is 5.75 Å². The van der Waals surface area contributed by atoms with Gasteiger partial charge in [-0.15, -0.1) is 0 Å². The van der Waals surface area contributed by atoms with Gasteiger partial charge in [-0.2, -0.15) is 0 Å². The average Bonchev–Trinajstić information content (AvgIpc) is 3.05. The molecule has 0 aliphatic heterocycles. The van der Waals surface area contributed by atoms with E-state index < -0.39 is 11.9 Å². The van der Waals surface area contributed by atoms with E-state index in [0.29, 0.717) is 17.9 Å². The highest BCUT2D eigenvalue weighted by atomic mass is 16.5. The lowest BCUT2D eigenvalue weighted by atomic mass is 10.0. The SMILES string of the molecule is COC(=O)c1c(C(=O)OC)c(-c2ccccc2)n(Cc2ccc(OC)cc2)c1C. The number of benzene rings is 2. The molecule has 29 heavy (non-hydrogen) atoms. The Morgan fingerprint density at radius 1 is 0.828 bits per heavy atom. The Balaban J connectivity index is 2.26. The third kappa shape index (κ3) is 3.87. The van der Waals surface area contributed by atoms with Crippen molar-refractivity contribution in [3.05, 3.63) is 77.0 Å². The molecule has 0 saturated heterocycles. The summed E-state index contributed by atoms with van der Waals surface area (Å²) in [5.74, 6) is -0.402. The standard InChI is InChI=1S/C23H23NO5/c1-15-19(22(25)28-3)20(23(26)29-4)21(17-8-6-5-7-9-17)24(15)14-16-10-12-18(27-2)13-11-16/h5-13H,14H2,1-4H3. The predicted molar refractivity (Wildman–Crippen MR) is 109 cm³/mol. The van der Waals surface area contributed by atoms with Crippen molar-refractivity contribution in [2.75, 3.05) is 21.3 Å². The maximum Gasteiger partial charge on any atom is 0.340 e. The number of hydrogen-bond donors (Lipinski definition) is 0.